The van der Waals surface area contributed by atoms with Crippen LogP contribution < -0.4 is 10.9 Å². The molecule has 0 spiro atoms. The predicted octanol–water partition coefficient (Wildman–Crippen LogP) is 0.901. The largest absolute Gasteiger partial charge is 0.561 e. The molecule has 27 heavy (non-hydrogen) atoms. The topological polar surface area (TPSA) is 93.1 Å². The average molecular weight is 370 g/mol. The molecule has 142 valence electrons. The summed E-state index contributed by atoms with van der Waals surface area (Å²) in [6.45, 7) is 6.49. The average Bonchev–Trinajstić information content (AvgIpc) is 2.62. The molecule has 8 heteroatoms. The number of rotatable bonds is 4. The lowest BCUT2D eigenvalue weighted by Crippen LogP contribution is -2.39. The highest BCUT2D eigenvalue weighted by Gasteiger charge is 2.29. The first-order valence-corrected chi connectivity index (χ1v) is 8.45. The molecule has 0 saturated heterocycles. The van der Waals surface area contributed by atoms with Crippen LogP contribution >= 0.6 is 0 Å². The minimum Gasteiger partial charge on any atom is -0.506 e. The van der Waals surface area contributed by atoms with Crippen LogP contribution in [-0.2, 0) is 18.9 Å². The first kappa shape index (κ1) is 22.5. The van der Waals surface area contributed by atoms with Gasteiger partial charge in [0.1, 0.15) is 0 Å². The van der Waals surface area contributed by atoms with E-state index in [-0.39, 0.29) is 0 Å². The molecule has 0 saturated carbocycles. The summed E-state index contributed by atoms with van der Waals surface area (Å²) in [5, 5.41) is 18.9. The van der Waals surface area contributed by atoms with Gasteiger partial charge in [0.05, 0.1) is 5.41 Å². The molecule has 0 unspecified atom stereocenters. The molecule has 0 aliphatic carbocycles. The Morgan fingerprint density at radius 1 is 0.778 bits per heavy atom. The van der Waals surface area contributed by atoms with Crippen molar-refractivity contribution in [2.45, 2.75) is 27.7 Å². The Labute approximate surface area is 160 Å². The Bertz CT molecular complexity index is 716. The molecule has 0 amide bonds. The van der Waals surface area contributed by atoms with Gasteiger partial charge in [-0.25, -0.2) is 0 Å². The SMILES string of the molecule is CC(=O)OB(O)c1ccccc1.CC(C)(C)C(=O)OB(O)c1ccccc1. The zero-order valence-electron chi connectivity index (χ0n) is 16.0. The highest BCUT2D eigenvalue weighted by Crippen LogP contribution is 2.15. The van der Waals surface area contributed by atoms with E-state index in [0.717, 1.165) is 0 Å². The molecule has 0 fully saturated rings. The van der Waals surface area contributed by atoms with Gasteiger partial charge in [0.2, 0.25) is 0 Å². The summed E-state index contributed by atoms with van der Waals surface area (Å²) >= 11 is 0. The van der Waals surface area contributed by atoms with Gasteiger partial charge in [0.25, 0.3) is 11.9 Å². The van der Waals surface area contributed by atoms with Crippen LogP contribution in [0.3, 0.4) is 0 Å². The molecular weight excluding hydrogens is 346 g/mol. The maximum absolute atomic E-state index is 11.5. The summed E-state index contributed by atoms with van der Waals surface area (Å²) < 4.78 is 9.47. The van der Waals surface area contributed by atoms with E-state index in [9.17, 15) is 19.6 Å². The predicted molar refractivity (Wildman–Crippen MR) is 105 cm³/mol. The normalized spacial score (nSPS) is 10.1. The van der Waals surface area contributed by atoms with Gasteiger partial charge in [-0.1, -0.05) is 60.7 Å². The third-order valence-corrected chi connectivity index (χ3v) is 3.28. The van der Waals surface area contributed by atoms with Crippen molar-refractivity contribution in [2.75, 3.05) is 0 Å². The fourth-order valence-corrected chi connectivity index (χ4v) is 1.81. The van der Waals surface area contributed by atoms with Crippen LogP contribution in [0.25, 0.3) is 0 Å². The van der Waals surface area contributed by atoms with E-state index < -0.39 is 31.6 Å². The van der Waals surface area contributed by atoms with Crippen molar-refractivity contribution >= 4 is 37.1 Å². The fraction of sp³-hybridized carbons (Fsp3) is 0.263. The summed E-state index contributed by atoms with van der Waals surface area (Å²) in [5.74, 6) is -0.912. The van der Waals surface area contributed by atoms with Crippen LogP contribution in [0.15, 0.2) is 60.7 Å². The standard InChI is InChI=1S/C11H15BO3.C8H9BO3/c1-11(2,3)10(13)15-12(14)9-7-5-4-6-8-9;1-7(10)12-9(11)8-5-3-2-4-6-8/h4-8,14H,1-3H3;2-6,11H,1H3. The number of benzene rings is 2. The third-order valence-electron chi connectivity index (χ3n) is 3.28. The minimum atomic E-state index is -1.18. The smallest absolute Gasteiger partial charge is 0.506 e. The van der Waals surface area contributed by atoms with Gasteiger partial charge in [-0.15, -0.1) is 0 Å². The first-order chi connectivity index (χ1) is 12.6. The van der Waals surface area contributed by atoms with E-state index >= 15 is 0 Å². The van der Waals surface area contributed by atoms with E-state index in [4.69, 9.17) is 4.65 Å². The number of hydrogen-bond donors (Lipinski definition) is 2. The monoisotopic (exact) mass is 370 g/mol. The van der Waals surface area contributed by atoms with E-state index in [1.54, 1.807) is 69.3 Å². The van der Waals surface area contributed by atoms with E-state index in [1.807, 2.05) is 12.1 Å². The summed E-state index contributed by atoms with van der Waals surface area (Å²) in [4.78, 5) is 21.9. The lowest BCUT2D eigenvalue weighted by molar-refractivity contribution is -0.144. The van der Waals surface area contributed by atoms with Gasteiger partial charge < -0.3 is 19.4 Å². The molecule has 2 N–H and O–H groups in total. The Morgan fingerprint density at radius 2 is 1.15 bits per heavy atom. The van der Waals surface area contributed by atoms with Gasteiger partial charge >= 0.3 is 14.2 Å². The lowest BCUT2D eigenvalue weighted by atomic mass is 9.79. The van der Waals surface area contributed by atoms with E-state index in [2.05, 4.69) is 4.65 Å². The Balaban J connectivity index is 0.000000277. The van der Waals surface area contributed by atoms with Gasteiger partial charge in [0.15, 0.2) is 0 Å². The molecule has 2 aromatic rings. The van der Waals surface area contributed by atoms with Crippen molar-refractivity contribution in [3.05, 3.63) is 60.7 Å². The summed E-state index contributed by atoms with van der Waals surface area (Å²) in [7, 11) is -2.33. The van der Waals surface area contributed by atoms with Gasteiger partial charge in [-0.3, -0.25) is 9.59 Å². The molecule has 0 atom stereocenters. The van der Waals surface area contributed by atoms with Crippen molar-refractivity contribution in [3.63, 3.8) is 0 Å². The molecule has 0 aliphatic rings. The van der Waals surface area contributed by atoms with Crippen LogP contribution in [0.4, 0.5) is 0 Å². The summed E-state index contributed by atoms with van der Waals surface area (Å²) in [6, 6.07) is 17.5. The lowest BCUT2D eigenvalue weighted by Gasteiger charge is -2.18. The Kier molecular flexibility index (Phi) is 8.78. The quantitative estimate of drug-likeness (QED) is 0.778. The zero-order valence-corrected chi connectivity index (χ0v) is 16.0. The van der Waals surface area contributed by atoms with Crippen LogP contribution in [0, 0.1) is 5.41 Å². The number of hydrogen-bond acceptors (Lipinski definition) is 6. The molecule has 6 nitrogen and oxygen atoms in total. The van der Waals surface area contributed by atoms with Crippen LogP contribution in [-0.4, -0.2) is 36.2 Å². The Hall–Kier alpha value is -2.57. The van der Waals surface area contributed by atoms with E-state index in [0.29, 0.717) is 10.9 Å². The molecule has 0 heterocycles. The van der Waals surface area contributed by atoms with Crippen LogP contribution in [0.1, 0.15) is 27.7 Å². The number of carbonyl (C=O) groups is 2. The number of carbonyl (C=O) groups excluding carboxylic acids is 2. The summed E-state index contributed by atoms with van der Waals surface area (Å²) in [5.41, 5.74) is 0.554. The molecule has 0 bridgehead atoms. The van der Waals surface area contributed by atoms with Crippen molar-refractivity contribution in [1.82, 2.24) is 0 Å². The molecule has 0 aliphatic heterocycles. The third kappa shape index (κ3) is 8.57. The second kappa shape index (κ2) is 10.5. The van der Waals surface area contributed by atoms with Crippen molar-refractivity contribution < 1.29 is 28.9 Å². The van der Waals surface area contributed by atoms with Gasteiger partial charge in [-0.2, -0.15) is 0 Å². The Morgan fingerprint density at radius 3 is 1.48 bits per heavy atom. The maximum atomic E-state index is 11.5. The zero-order chi connectivity index (χ0) is 20.4. The minimum absolute atomic E-state index is 0.418. The fourth-order valence-electron chi connectivity index (χ4n) is 1.81. The van der Waals surface area contributed by atoms with Crippen molar-refractivity contribution in [3.8, 4) is 0 Å². The van der Waals surface area contributed by atoms with E-state index in [1.165, 1.54) is 6.92 Å². The molecule has 0 radical (unpaired) electrons. The molecular formula is C19H24B2O6. The highest BCUT2D eigenvalue weighted by molar-refractivity contribution is 6.61. The summed E-state index contributed by atoms with van der Waals surface area (Å²) in [6.07, 6.45) is 0. The molecule has 2 aromatic carbocycles. The van der Waals surface area contributed by atoms with Crippen LogP contribution in [0.5, 0.6) is 0 Å². The van der Waals surface area contributed by atoms with Crippen molar-refractivity contribution in [1.29, 1.82) is 0 Å². The molecule has 0 aromatic heterocycles. The molecule has 2 rings (SSSR count). The second-order valence-corrected chi connectivity index (χ2v) is 6.79. The maximum Gasteiger partial charge on any atom is 0.561 e. The van der Waals surface area contributed by atoms with Gasteiger partial charge in [-0.05, 0) is 31.7 Å². The second-order valence-electron chi connectivity index (χ2n) is 6.79. The van der Waals surface area contributed by atoms with Gasteiger partial charge in [0, 0.05) is 6.92 Å². The van der Waals surface area contributed by atoms with Crippen molar-refractivity contribution in [2.24, 2.45) is 5.41 Å². The first-order valence-electron chi connectivity index (χ1n) is 8.45. The van der Waals surface area contributed by atoms with Crippen LogP contribution in [0.2, 0.25) is 0 Å². The highest BCUT2D eigenvalue weighted by atomic mass is 16.6.